The van der Waals surface area contributed by atoms with Crippen molar-refractivity contribution in [1.82, 2.24) is 14.7 Å². The average Bonchev–Trinajstić information content (AvgIpc) is 2.81. The van der Waals surface area contributed by atoms with Crippen LogP contribution in [-0.4, -0.2) is 28.0 Å². The zero-order valence-corrected chi connectivity index (χ0v) is 18.1. The van der Waals surface area contributed by atoms with Gasteiger partial charge in [-0.15, -0.1) is 0 Å². The third-order valence-electron chi connectivity index (χ3n) is 5.00. The number of nitrogens with one attached hydrogen (secondary N) is 1. The van der Waals surface area contributed by atoms with Crippen molar-refractivity contribution >= 4 is 23.2 Å². The van der Waals surface area contributed by atoms with Crippen molar-refractivity contribution in [2.24, 2.45) is 0 Å². The van der Waals surface area contributed by atoms with Crippen LogP contribution in [0.5, 0.6) is 5.88 Å². The van der Waals surface area contributed by atoms with Crippen LogP contribution in [0.15, 0.2) is 71.8 Å². The van der Waals surface area contributed by atoms with Gasteiger partial charge in [0.05, 0.1) is 12.1 Å². The molecule has 1 N–H and O–H groups in total. The third-order valence-corrected chi connectivity index (χ3v) is 5.22. The first kappa shape index (κ1) is 23.2. The van der Waals surface area contributed by atoms with E-state index in [0.717, 1.165) is 0 Å². The number of aromatic nitrogens is 3. The van der Waals surface area contributed by atoms with Crippen molar-refractivity contribution in [3.63, 3.8) is 0 Å². The summed E-state index contributed by atoms with van der Waals surface area (Å²) >= 11 is 5.83. The van der Waals surface area contributed by atoms with E-state index in [1.54, 1.807) is 35.6 Å². The zero-order valence-electron chi connectivity index (χ0n) is 17.3. The summed E-state index contributed by atoms with van der Waals surface area (Å²) in [6.07, 6.45) is -1.57. The van der Waals surface area contributed by atoms with Gasteiger partial charge in [-0.05, 0) is 29.8 Å². The van der Waals surface area contributed by atoms with Crippen LogP contribution >= 0.6 is 11.6 Å². The first-order valence-electron chi connectivity index (χ1n) is 9.94. The number of pyridine rings is 2. The summed E-state index contributed by atoms with van der Waals surface area (Å²) in [5.41, 5.74) is 0.121. The van der Waals surface area contributed by atoms with Gasteiger partial charge >= 0.3 is 11.7 Å². The number of hydrogen-bond donors (Lipinski definition) is 1. The minimum Gasteiger partial charge on any atom is -0.842 e. The maximum atomic E-state index is 13.5. The number of nitrogens with zero attached hydrogens (tertiary/aromatic N) is 3. The molecule has 0 spiro atoms. The Labute approximate surface area is 195 Å². The van der Waals surface area contributed by atoms with Crippen molar-refractivity contribution in [2.75, 3.05) is 6.54 Å². The summed E-state index contributed by atoms with van der Waals surface area (Å²) in [6.45, 7) is -1.42. The average molecular weight is 489 g/mol. The van der Waals surface area contributed by atoms with Gasteiger partial charge in [0.2, 0.25) is 0 Å². The maximum absolute atomic E-state index is 13.5. The maximum Gasteiger partial charge on any atom is 0.405 e. The molecule has 3 aromatic heterocycles. The van der Waals surface area contributed by atoms with E-state index in [1.165, 1.54) is 45.6 Å². The Bertz CT molecular complexity index is 1440. The number of benzene rings is 1. The van der Waals surface area contributed by atoms with Gasteiger partial charge in [-0.1, -0.05) is 35.9 Å². The first-order chi connectivity index (χ1) is 16.1. The Kier molecular flexibility index (Phi) is 6.25. The number of carbonyl (C=O) groups is 1. The van der Waals surface area contributed by atoms with Gasteiger partial charge in [0.25, 0.3) is 11.6 Å². The molecule has 0 saturated carbocycles. The van der Waals surface area contributed by atoms with Gasteiger partial charge in [-0.25, -0.2) is 14.3 Å². The Morgan fingerprint density at radius 3 is 2.65 bits per heavy atom. The molecule has 1 aromatic carbocycles. The second-order valence-corrected chi connectivity index (χ2v) is 7.76. The molecule has 34 heavy (non-hydrogen) atoms. The van der Waals surface area contributed by atoms with E-state index in [1.807, 2.05) is 0 Å². The highest BCUT2D eigenvalue weighted by atomic mass is 35.5. The monoisotopic (exact) mass is 488 g/mol. The third kappa shape index (κ3) is 4.86. The molecule has 0 aliphatic rings. The van der Waals surface area contributed by atoms with Gasteiger partial charge in [-0.2, -0.15) is 17.6 Å². The van der Waals surface area contributed by atoms with Crippen LogP contribution < -0.4 is 20.5 Å². The highest BCUT2D eigenvalue weighted by molar-refractivity contribution is 6.29. The quantitative estimate of drug-likeness (QED) is 0.345. The van der Waals surface area contributed by atoms with Gasteiger partial charge < -0.3 is 10.4 Å². The van der Waals surface area contributed by atoms with Crippen LogP contribution in [-0.2, 0) is 6.54 Å². The highest BCUT2D eigenvalue weighted by Gasteiger charge is 2.28. The SMILES string of the molecule is O=C(NCC(F)(F)F)c1cccc(-c2c([O-])[n+](Cc3ccc(Cl)nc3)c3ccccn3c2=O)c1. The fraction of sp³-hybridized carbons (Fsp3) is 0.130. The van der Waals surface area contributed by atoms with Crippen LogP contribution in [0.25, 0.3) is 16.8 Å². The topological polar surface area (TPSA) is 90.4 Å². The molecular weight excluding hydrogens is 473 g/mol. The summed E-state index contributed by atoms with van der Waals surface area (Å²) in [6, 6.07) is 13.5. The molecule has 0 aliphatic heterocycles. The number of alkyl halides is 3. The zero-order chi connectivity index (χ0) is 24.5. The molecule has 0 atom stereocenters. The van der Waals surface area contributed by atoms with E-state index in [0.29, 0.717) is 11.2 Å². The molecule has 3 heterocycles. The van der Waals surface area contributed by atoms with Gasteiger partial charge in [0.15, 0.2) is 0 Å². The van der Waals surface area contributed by atoms with Gasteiger partial charge in [0, 0.05) is 23.4 Å². The summed E-state index contributed by atoms with van der Waals surface area (Å²) in [5, 5.41) is 15.5. The van der Waals surface area contributed by atoms with Crippen LogP contribution in [0.3, 0.4) is 0 Å². The molecule has 0 aliphatic carbocycles. The lowest BCUT2D eigenvalue weighted by Gasteiger charge is -2.17. The standard InChI is InChI=1S/C23H16ClF3N4O3/c24-17-8-7-14(11-28-17)12-31-18-6-1-2-9-30(18)21(33)19(22(31)34)15-4-3-5-16(10-15)20(32)29-13-23(25,26)27/h1-11H,12-13H2,(H-,29,32,33,34). The van der Waals surface area contributed by atoms with Gasteiger partial charge in [-0.3, -0.25) is 4.79 Å². The minimum absolute atomic E-state index is 0.0789. The number of halogens is 4. The number of hydrogen-bond acceptors (Lipinski definition) is 4. The van der Waals surface area contributed by atoms with Crippen LogP contribution in [0.4, 0.5) is 13.2 Å². The van der Waals surface area contributed by atoms with E-state index in [2.05, 4.69) is 4.98 Å². The molecular formula is C23H16ClF3N4O3. The molecule has 4 rings (SSSR count). The normalized spacial score (nSPS) is 11.5. The van der Waals surface area contributed by atoms with E-state index in [4.69, 9.17) is 11.6 Å². The lowest BCUT2D eigenvalue weighted by Crippen LogP contribution is -2.44. The van der Waals surface area contributed by atoms with E-state index in [9.17, 15) is 27.9 Å². The molecule has 0 fully saturated rings. The Balaban J connectivity index is 1.83. The van der Waals surface area contributed by atoms with E-state index < -0.39 is 30.1 Å². The molecule has 0 bridgehead atoms. The summed E-state index contributed by atoms with van der Waals surface area (Å²) in [5.74, 6) is -1.60. The van der Waals surface area contributed by atoms with Crippen LogP contribution in [0, 0.1) is 0 Å². The van der Waals surface area contributed by atoms with Crippen LogP contribution in [0.1, 0.15) is 15.9 Å². The van der Waals surface area contributed by atoms with Gasteiger partial charge in [0.1, 0.15) is 23.8 Å². The number of fused-ring (bicyclic) bond motifs is 1. The first-order valence-corrected chi connectivity index (χ1v) is 10.3. The van der Waals surface area contributed by atoms with Crippen molar-refractivity contribution < 1.29 is 27.6 Å². The highest BCUT2D eigenvalue weighted by Crippen LogP contribution is 2.23. The molecule has 174 valence electrons. The predicted octanol–water partition coefficient (Wildman–Crippen LogP) is 2.72. The van der Waals surface area contributed by atoms with Crippen molar-refractivity contribution in [3.8, 4) is 17.0 Å². The lowest BCUT2D eigenvalue weighted by atomic mass is 10.0. The smallest absolute Gasteiger partial charge is 0.405 e. The Morgan fingerprint density at radius 1 is 1.15 bits per heavy atom. The molecule has 0 unspecified atom stereocenters. The Hall–Kier alpha value is -3.92. The lowest BCUT2D eigenvalue weighted by molar-refractivity contribution is -0.708. The fourth-order valence-electron chi connectivity index (χ4n) is 3.46. The van der Waals surface area contributed by atoms with E-state index in [-0.39, 0.29) is 28.4 Å². The van der Waals surface area contributed by atoms with Crippen molar-refractivity contribution in [1.29, 1.82) is 0 Å². The van der Waals surface area contributed by atoms with Crippen molar-refractivity contribution in [2.45, 2.75) is 12.7 Å². The summed E-state index contributed by atoms with van der Waals surface area (Å²) in [7, 11) is 0. The molecule has 11 heteroatoms. The predicted molar refractivity (Wildman–Crippen MR) is 115 cm³/mol. The molecule has 0 saturated heterocycles. The van der Waals surface area contributed by atoms with Crippen molar-refractivity contribution in [3.05, 3.63) is 93.6 Å². The Morgan fingerprint density at radius 2 is 1.94 bits per heavy atom. The second kappa shape index (κ2) is 9.14. The minimum atomic E-state index is -4.57. The molecule has 7 nitrogen and oxygen atoms in total. The molecule has 0 radical (unpaired) electrons. The molecule has 4 aromatic rings. The second-order valence-electron chi connectivity index (χ2n) is 7.37. The number of amides is 1. The molecule has 1 amide bonds. The fourth-order valence-corrected chi connectivity index (χ4v) is 3.57. The van der Waals surface area contributed by atoms with E-state index >= 15 is 0 Å². The number of carbonyl (C=O) groups excluding carboxylic acids is 1. The summed E-state index contributed by atoms with van der Waals surface area (Å²) < 4.78 is 40.0. The summed E-state index contributed by atoms with van der Waals surface area (Å²) in [4.78, 5) is 29.4. The largest absolute Gasteiger partial charge is 0.842 e. The number of rotatable bonds is 5. The van der Waals surface area contributed by atoms with Crippen LogP contribution in [0.2, 0.25) is 5.15 Å².